The first-order chi connectivity index (χ1) is 10.7. The molecule has 0 aromatic carbocycles. The number of hydrogen-bond acceptors (Lipinski definition) is 5. The molecule has 0 amide bonds. The molecule has 1 aliphatic rings. The number of aliphatic carboxylic acids is 2. The largest absolute Gasteiger partial charge is 0.481 e. The highest BCUT2D eigenvalue weighted by atomic mass is 16.4. The van der Waals surface area contributed by atoms with Crippen molar-refractivity contribution < 1.29 is 24.9 Å². The molecule has 1 saturated heterocycles. The summed E-state index contributed by atoms with van der Waals surface area (Å²) < 4.78 is 0. The first-order valence-electron chi connectivity index (χ1n) is 7.48. The Labute approximate surface area is 135 Å². The average Bonchev–Trinajstić information content (AvgIpc) is 2.85. The minimum atomic E-state index is -1.79. The summed E-state index contributed by atoms with van der Waals surface area (Å²) in [6.07, 6.45) is 2.10. The van der Waals surface area contributed by atoms with E-state index in [1.54, 1.807) is 0 Å². The molecule has 0 aliphatic carbocycles. The number of nitrogens with zero attached hydrogens (tertiary/aromatic N) is 2. The fourth-order valence-electron chi connectivity index (χ4n) is 2.61. The summed E-state index contributed by atoms with van der Waals surface area (Å²) in [7, 11) is 2.21. The van der Waals surface area contributed by atoms with Gasteiger partial charge in [0.05, 0.1) is 6.42 Å². The Balaban J connectivity index is 0.000000257. The summed E-state index contributed by atoms with van der Waals surface area (Å²) in [4.78, 5) is 26.2. The van der Waals surface area contributed by atoms with E-state index >= 15 is 0 Å². The molecule has 1 aliphatic heterocycles. The normalized spacial score (nSPS) is 18.9. The van der Waals surface area contributed by atoms with E-state index in [1.165, 1.54) is 30.5 Å². The van der Waals surface area contributed by atoms with E-state index in [4.69, 9.17) is 15.3 Å². The predicted molar refractivity (Wildman–Crippen MR) is 84.2 cm³/mol. The van der Waals surface area contributed by atoms with Gasteiger partial charge in [-0.3, -0.25) is 14.7 Å². The maximum Gasteiger partial charge on any atom is 0.333 e. The SMILES string of the molecule is Cc1cc(C)c([C@@H]2CCCN2C)cn1.O=C(O)C[C@H](O)C(=O)O. The van der Waals surface area contributed by atoms with Gasteiger partial charge in [-0.2, -0.15) is 0 Å². The van der Waals surface area contributed by atoms with E-state index in [-0.39, 0.29) is 0 Å². The van der Waals surface area contributed by atoms with Gasteiger partial charge in [0, 0.05) is 17.9 Å². The lowest BCUT2D eigenvalue weighted by Gasteiger charge is -2.21. The zero-order chi connectivity index (χ0) is 17.6. The van der Waals surface area contributed by atoms with Crippen molar-refractivity contribution in [3.05, 3.63) is 29.1 Å². The average molecular weight is 324 g/mol. The quantitative estimate of drug-likeness (QED) is 0.767. The van der Waals surface area contributed by atoms with Crippen molar-refractivity contribution >= 4 is 11.9 Å². The number of aromatic nitrogens is 1. The standard InChI is InChI=1S/C12H18N2.C4H6O5/c1-9-7-10(2)13-8-11(9)12-5-4-6-14(12)3;5-2(4(8)9)1-3(6)7/h7-8,12H,4-6H2,1-3H3;2,5H,1H2,(H,6,7)(H,8,9)/t12-;2-/m00/s1. The molecule has 2 atom stereocenters. The number of pyridine rings is 1. The third-order valence-electron chi connectivity index (χ3n) is 3.82. The molecule has 23 heavy (non-hydrogen) atoms. The molecule has 128 valence electrons. The van der Waals surface area contributed by atoms with Crippen LogP contribution in [0, 0.1) is 13.8 Å². The molecule has 0 bridgehead atoms. The second kappa shape index (κ2) is 8.59. The van der Waals surface area contributed by atoms with Crippen molar-refractivity contribution in [2.75, 3.05) is 13.6 Å². The van der Waals surface area contributed by atoms with E-state index < -0.39 is 24.5 Å². The minimum Gasteiger partial charge on any atom is -0.481 e. The van der Waals surface area contributed by atoms with Crippen LogP contribution in [0.1, 0.15) is 42.1 Å². The van der Waals surface area contributed by atoms with Gasteiger partial charge < -0.3 is 15.3 Å². The van der Waals surface area contributed by atoms with Crippen molar-refractivity contribution in [3.63, 3.8) is 0 Å². The van der Waals surface area contributed by atoms with Gasteiger partial charge in [0.25, 0.3) is 0 Å². The van der Waals surface area contributed by atoms with E-state index in [0.717, 1.165) is 5.69 Å². The third-order valence-corrected chi connectivity index (χ3v) is 3.82. The van der Waals surface area contributed by atoms with Crippen molar-refractivity contribution in [2.24, 2.45) is 0 Å². The maximum absolute atomic E-state index is 9.72. The molecule has 0 unspecified atom stereocenters. The number of carboxylic acids is 2. The number of aliphatic hydroxyl groups is 1. The summed E-state index contributed by atoms with van der Waals surface area (Å²) in [5.41, 5.74) is 3.92. The Bertz CT molecular complexity index is 561. The van der Waals surface area contributed by atoms with Gasteiger partial charge in [-0.05, 0) is 57.5 Å². The molecule has 3 N–H and O–H groups in total. The zero-order valence-electron chi connectivity index (χ0n) is 13.7. The lowest BCUT2D eigenvalue weighted by Crippen LogP contribution is -2.22. The summed E-state index contributed by atoms with van der Waals surface area (Å²) in [6, 6.07) is 2.78. The van der Waals surface area contributed by atoms with Gasteiger partial charge in [0.1, 0.15) is 0 Å². The van der Waals surface area contributed by atoms with Crippen molar-refractivity contribution in [1.82, 2.24) is 9.88 Å². The lowest BCUT2D eigenvalue weighted by atomic mass is 10.0. The Morgan fingerprint density at radius 1 is 1.39 bits per heavy atom. The van der Waals surface area contributed by atoms with Crippen molar-refractivity contribution in [1.29, 1.82) is 0 Å². The monoisotopic (exact) mass is 324 g/mol. The summed E-state index contributed by atoms with van der Waals surface area (Å²) in [5.74, 6) is -2.85. The zero-order valence-corrected chi connectivity index (χ0v) is 13.7. The number of carboxylic acid groups (broad SMARTS) is 2. The van der Waals surface area contributed by atoms with E-state index in [2.05, 4.69) is 43.0 Å². The number of rotatable bonds is 4. The number of likely N-dealkylation sites (tertiary alicyclic amines) is 1. The first kappa shape index (κ1) is 19.1. The highest BCUT2D eigenvalue weighted by Crippen LogP contribution is 2.31. The van der Waals surface area contributed by atoms with Gasteiger partial charge in [0.15, 0.2) is 6.10 Å². The topological polar surface area (TPSA) is 111 Å². The Morgan fingerprint density at radius 2 is 2.04 bits per heavy atom. The van der Waals surface area contributed by atoms with Crippen LogP contribution in [-0.2, 0) is 9.59 Å². The Hall–Kier alpha value is -1.99. The number of aryl methyl sites for hydroxylation is 2. The van der Waals surface area contributed by atoms with Crippen LogP contribution in [0.3, 0.4) is 0 Å². The summed E-state index contributed by atoms with van der Waals surface area (Å²) in [6.45, 7) is 5.46. The number of hydrogen-bond donors (Lipinski definition) is 3. The highest BCUT2D eigenvalue weighted by Gasteiger charge is 2.23. The van der Waals surface area contributed by atoms with Gasteiger partial charge >= 0.3 is 11.9 Å². The van der Waals surface area contributed by atoms with Gasteiger partial charge in [0.2, 0.25) is 0 Å². The van der Waals surface area contributed by atoms with Crippen LogP contribution in [0.5, 0.6) is 0 Å². The van der Waals surface area contributed by atoms with Crippen LogP contribution >= 0.6 is 0 Å². The minimum absolute atomic E-state index is 0.600. The van der Waals surface area contributed by atoms with Crippen LogP contribution in [0.15, 0.2) is 12.3 Å². The molecule has 0 spiro atoms. The van der Waals surface area contributed by atoms with Gasteiger partial charge in [-0.25, -0.2) is 4.79 Å². The lowest BCUT2D eigenvalue weighted by molar-refractivity contribution is -0.152. The van der Waals surface area contributed by atoms with Crippen LogP contribution in [0.4, 0.5) is 0 Å². The Kier molecular flexibility index (Phi) is 7.12. The van der Waals surface area contributed by atoms with Crippen LogP contribution in [-0.4, -0.2) is 56.8 Å². The van der Waals surface area contributed by atoms with Gasteiger partial charge in [-0.15, -0.1) is 0 Å². The fourth-order valence-corrected chi connectivity index (χ4v) is 2.61. The molecule has 7 nitrogen and oxygen atoms in total. The van der Waals surface area contributed by atoms with Crippen molar-refractivity contribution in [3.8, 4) is 0 Å². The molecule has 0 radical (unpaired) electrons. The first-order valence-corrected chi connectivity index (χ1v) is 7.48. The number of carbonyl (C=O) groups is 2. The summed E-state index contributed by atoms with van der Waals surface area (Å²) >= 11 is 0. The maximum atomic E-state index is 9.72. The second-order valence-electron chi connectivity index (χ2n) is 5.77. The molecule has 2 heterocycles. The molecule has 2 rings (SSSR count). The smallest absolute Gasteiger partial charge is 0.333 e. The van der Waals surface area contributed by atoms with Crippen LogP contribution in [0.2, 0.25) is 0 Å². The van der Waals surface area contributed by atoms with Crippen LogP contribution < -0.4 is 0 Å². The van der Waals surface area contributed by atoms with Crippen LogP contribution in [0.25, 0.3) is 0 Å². The second-order valence-corrected chi connectivity index (χ2v) is 5.77. The third kappa shape index (κ3) is 5.96. The highest BCUT2D eigenvalue weighted by molar-refractivity contribution is 5.79. The molecule has 1 aromatic rings. The summed E-state index contributed by atoms with van der Waals surface area (Å²) in [5, 5.41) is 24.1. The van der Waals surface area contributed by atoms with Gasteiger partial charge in [-0.1, -0.05) is 0 Å². The number of aliphatic hydroxyl groups excluding tert-OH is 1. The van der Waals surface area contributed by atoms with E-state index in [1.807, 2.05) is 0 Å². The molecular formula is C16H24N2O5. The fraction of sp³-hybridized carbons (Fsp3) is 0.562. The van der Waals surface area contributed by atoms with E-state index in [0.29, 0.717) is 6.04 Å². The predicted octanol–water partition coefficient (Wildman–Crippen LogP) is 1.37. The molecular weight excluding hydrogens is 300 g/mol. The molecule has 1 fully saturated rings. The molecule has 0 saturated carbocycles. The van der Waals surface area contributed by atoms with Crippen molar-refractivity contribution in [2.45, 2.75) is 45.3 Å². The molecule has 1 aromatic heterocycles. The Morgan fingerprint density at radius 3 is 2.43 bits per heavy atom. The molecule has 7 heteroatoms. The van der Waals surface area contributed by atoms with E-state index in [9.17, 15) is 9.59 Å².